The number of anilines is 1. The number of aryl methyl sites for hydroxylation is 2. The van der Waals surface area contributed by atoms with Crippen LogP contribution in [-0.2, 0) is 14.4 Å². The number of nitrogens with one attached hydrogen (secondary N) is 1. The van der Waals surface area contributed by atoms with Crippen molar-refractivity contribution in [1.29, 1.82) is 0 Å². The number of nitrogens with zero attached hydrogens (tertiary/aromatic N) is 2. The zero-order chi connectivity index (χ0) is 29.4. The molecule has 1 spiro atoms. The van der Waals surface area contributed by atoms with Gasteiger partial charge in [0.1, 0.15) is 5.75 Å². The first-order chi connectivity index (χ1) is 19.4. The van der Waals surface area contributed by atoms with E-state index in [9.17, 15) is 27.6 Å². The van der Waals surface area contributed by atoms with Crippen LogP contribution in [0.2, 0.25) is 0 Å². The van der Waals surface area contributed by atoms with E-state index in [1.807, 2.05) is 32.0 Å². The van der Waals surface area contributed by atoms with Crippen LogP contribution in [0.3, 0.4) is 0 Å². The first-order valence-electron chi connectivity index (χ1n) is 13.9. The molecule has 0 aromatic heterocycles. The van der Waals surface area contributed by atoms with Gasteiger partial charge in [-0.2, -0.15) is 0 Å². The minimum atomic E-state index is -4.75. The van der Waals surface area contributed by atoms with Crippen molar-refractivity contribution in [3.63, 3.8) is 0 Å². The Balaban J connectivity index is 1.12. The summed E-state index contributed by atoms with van der Waals surface area (Å²) in [5, 5.41) is 3.23. The van der Waals surface area contributed by atoms with E-state index < -0.39 is 6.36 Å². The molecule has 3 aliphatic rings. The number of piperidine rings is 1. The monoisotopic (exact) mass is 569 g/mol. The Kier molecular flexibility index (Phi) is 7.85. The number of hydrogen-bond acceptors (Lipinski definition) is 4. The van der Waals surface area contributed by atoms with E-state index in [0.717, 1.165) is 42.5 Å². The fourth-order valence-corrected chi connectivity index (χ4v) is 6.37. The zero-order valence-corrected chi connectivity index (χ0v) is 23.2. The number of para-hydroxylation sites is 1. The molecule has 1 aliphatic carbocycles. The van der Waals surface area contributed by atoms with Crippen LogP contribution in [0, 0.1) is 25.2 Å². The van der Waals surface area contributed by atoms with E-state index >= 15 is 0 Å². The second-order valence-corrected chi connectivity index (χ2v) is 11.4. The van der Waals surface area contributed by atoms with Crippen molar-refractivity contribution in [2.24, 2.45) is 11.3 Å². The molecule has 1 N–H and O–H groups in total. The van der Waals surface area contributed by atoms with Crippen molar-refractivity contribution in [2.75, 3.05) is 24.5 Å². The van der Waals surface area contributed by atoms with E-state index in [1.54, 1.807) is 15.9 Å². The van der Waals surface area contributed by atoms with Gasteiger partial charge in [-0.05, 0) is 79.8 Å². The van der Waals surface area contributed by atoms with Gasteiger partial charge in [-0.15, -0.1) is 13.2 Å². The normalized spacial score (nSPS) is 22.2. The Labute approximate surface area is 237 Å². The van der Waals surface area contributed by atoms with Crippen LogP contribution in [0.4, 0.5) is 18.9 Å². The average molecular weight is 570 g/mol. The Hall–Kier alpha value is -3.82. The van der Waals surface area contributed by atoms with E-state index in [-0.39, 0.29) is 47.3 Å². The molecule has 1 saturated carbocycles. The SMILES string of the molecule is Cc1cccc(C)c1N1CC(C(=O)NC2CCC23CCN(C(=O)/C=C/c2ccc(OC(F)(F)F)cc2)CC3)CC1=O. The molecule has 218 valence electrons. The molecule has 0 bridgehead atoms. The van der Waals surface area contributed by atoms with Crippen LogP contribution in [0.25, 0.3) is 6.08 Å². The number of carbonyl (C=O) groups is 3. The number of halogens is 3. The maximum atomic E-state index is 13.2. The number of alkyl halides is 3. The first-order valence-corrected chi connectivity index (χ1v) is 13.9. The fraction of sp³-hybridized carbons (Fsp3) is 0.452. The number of likely N-dealkylation sites (tertiary alicyclic amines) is 1. The maximum absolute atomic E-state index is 13.2. The Morgan fingerprint density at radius 1 is 1.02 bits per heavy atom. The Bertz CT molecular complexity index is 1330. The number of hydrogen-bond donors (Lipinski definition) is 1. The highest BCUT2D eigenvalue weighted by atomic mass is 19.4. The predicted molar refractivity (Wildman–Crippen MR) is 148 cm³/mol. The van der Waals surface area contributed by atoms with Gasteiger partial charge in [0.15, 0.2) is 0 Å². The zero-order valence-electron chi connectivity index (χ0n) is 23.2. The molecule has 5 rings (SSSR count). The quantitative estimate of drug-likeness (QED) is 0.488. The molecule has 7 nitrogen and oxygen atoms in total. The highest BCUT2D eigenvalue weighted by molar-refractivity contribution is 6.01. The van der Waals surface area contributed by atoms with Crippen LogP contribution >= 0.6 is 0 Å². The number of benzene rings is 2. The standard InChI is InChI=1S/C31H34F3N3O4/c1-20-4-3-5-21(2)28(20)37-19-23(18-27(37)39)29(40)35-25-12-13-30(25)14-16-36(17-15-30)26(38)11-8-22-6-9-24(10-7-22)41-31(32,33)34/h3-11,23,25H,12-19H2,1-2H3,(H,35,40)/b11-8+. The lowest BCUT2D eigenvalue weighted by molar-refractivity contribution is -0.274. The average Bonchev–Trinajstić information content (AvgIpc) is 3.30. The molecule has 2 atom stereocenters. The molecule has 3 amide bonds. The lowest BCUT2D eigenvalue weighted by Gasteiger charge is -2.54. The number of ether oxygens (including phenoxy) is 1. The van der Waals surface area contributed by atoms with E-state index in [4.69, 9.17) is 0 Å². The molecule has 2 aliphatic heterocycles. The summed E-state index contributed by atoms with van der Waals surface area (Å²) >= 11 is 0. The molecule has 2 aromatic rings. The minimum absolute atomic E-state index is 0.0312. The van der Waals surface area contributed by atoms with Crippen LogP contribution in [0.15, 0.2) is 48.5 Å². The van der Waals surface area contributed by atoms with Gasteiger partial charge in [0, 0.05) is 43.9 Å². The van der Waals surface area contributed by atoms with Gasteiger partial charge in [-0.1, -0.05) is 30.3 Å². The third-order valence-electron chi connectivity index (χ3n) is 8.79. The Morgan fingerprint density at radius 2 is 1.68 bits per heavy atom. The van der Waals surface area contributed by atoms with Crippen LogP contribution in [-0.4, -0.2) is 54.7 Å². The lowest BCUT2D eigenvalue weighted by Crippen LogP contribution is -2.60. The van der Waals surface area contributed by atoms with Gasteiger partial charge in [0.05, 0.1) is 5.92 Å². The van der Waals surface area contributed by atoms with Crippen molar-refractivity contribution in [1.82, 2.24) is 10.2 Å². The topological polar surface area (TPSA) is 79.0 Å². The minimum Gasteiger partial charge on any atom is -0.406 e. The summed E-state index contributed by atoms with van der Waals surface area (Å²) in [4.78, 5) is 42.3. The molecule has 2 heterocycles. The van der Waals surface area contributed by atoms with Crippen LogP contribution < -0.4 is 15.0 Å². The van der Waals surface area contributed by atoms with Crippen molar-refractivity contribution < 1.29 is 32.3 Å². The van der Waals surface area contributed by atoms with E-state index in [1.165, 1.54) is 30.3 Å². The molecule has 0 radical (unpaired) electrons. The van der Waals surface area contributed by atoms with Crippen molar-refractivity contribution >= 4 is 29.5 Å². The Morgan fingerprint density at radius 3 is 2.27 bits per heavy atom. The summed E-state index contributed by atoms with van der Waals surface area (Å²) in [6.45, 7) is 5.46. The summed E-state index contributed by atoms with van der Waals surface area (Å²) in [6, 6.07) is 11.3. The third kappa shape index (κ3) is 6.26. The van der Waals surface area contributed by atoms with E-state index in [0.29, 0.717) is 25.2 Å². The van der Waals surface area contributed by atoms with Crippen molar-refractivity contribution in [3.05, 3.63) is 65.2 Å². The smallest absolute Gasteiger partial charge is 0.406 e. The summed E-state index contributed by atoms with van der Waals surface area (Å²) in [5.41, 5.74) is 3.47. The molecule has 10 heteroatoms. The van der Waals surface area contributed by atoms with Crippen molar-refractivity contribution in [3.8, 4) is 5.75 Å². The fourth-order valence-electron chi connectivity index (χ4n) is 6.37. The number of amides is 3. The molecular formula is C31H34F3N3O4. The number of rotatable bonds is 6. The lowest BCUT2D eigenvalue weighted by atomic mass is 9.59. The summed E-state index contributed by atoms with van der Waals surface area (Å²) in [6.07, 6.45) is 1.87. The maximum Gasteiger partial charge on any atom is 0.573 e. The predicted octanol–water partition coefficient (Wildman–Crippen LogP) is 5.16. The van der Waals surface area contributed by atoms with Gasteiger partial charge in [-0.3, -0.25) is 14.4 Å². The summed E-state index contributed by atoms with van der Waals surface area (Å²) < 4.78 is 40.9. The highest BCUT2D eigenvalue weighted by Gasteiger charge is 2.50. The van der Waals surface area contributed by atoms with E-state index in [2.05, 4.69) is 10.1 Å². The number of carbonyl (C=O) groups excluding carboxylic acids is 3. The van der Waals surface area contributed by atoms with Gasteiger partial charge >= 0.3 is 6.36 Å². The van der Waals surface area contributed by atoms with Crippen molar-refractivity contribution in [2.45, 2.75) is 58.4 Å². The first kappa shape index (κ1) is 28.7. The third-order valence-corrected chi connectivity index (χ3v) is 8.79. The van der Waals surface area contributed by atoms with Gasteiger partial charge in [-0.25, -0.2) is 0 Å². The van der Waals surface area contributed by atoms with Gasteiger partial charge < -0.3 is 19.9 Å². The second-order valence-electron chi connectivity index (χ2n) is 11.4. The largest absolute Gasteiger partial charge is 0.573 e. The molecule has 41 heavy (non-hydrogen) atoms. The molecule has 3 fully saturated rings. The summed E-state index contributed by atoms with van der Waals surface area (Å²) in [5.74, 6) is -0.977. The molecule has 2 aromatic carbocycles. The summed E-state index contributed by atoms with van der Waals surface area (Å²) in [7, 11) is 0. The molecule has 2 saturated heterocycles. The van der Waals surface area contributed by atoms with Gasteiger partial charge in [0.2, 0.25) is 17.7 Å². The molecule has 2 unspecified atom stereocenters. The van der Waals surface area contributed by atoms with Crippen LogP contribution in [0.1, 0.15) is 48.8 Å². The highest BCUT2D eigenvalue weighted by Crippen LogP contribution is 2.49. The molecular weight excluding hydrogens is 535 g/mol. The van der Waals surface area contributed by atoms with Gasteiger partial charge in [0.25, 0.3) is 0 Å². The van der Waals surface area contributed by atoms with Crippen LogP contribution in [0.5, 0.6) is 5.75 Å². The second kappa shape index (κ2) is 11.2.